The van der Waals surface area contributed by atoms with Crippen LogP contribution in [0, 0.1) is 6.92 Å². The first kappa shape index (κ1) is 27.7. The summed E-state index contributed by atoms with van der Waals surface area (Å²) < 4.78 is 4.07. The Kier molecular flexibility index (Phi) is 14.8. The summed E-state index contributed by atoms with van der Waals surface area (Å²) in [5, 5.41) is 13.0. The number of amides is 1. The van der Waals surface area contributed by atoms with Crippen LogP contribution < -0.4 is 56.3 Å². The minimum atomic E-state index is -0.334. The number of aromatic hydroxyl groups is 1. The van der Waals surface area contributed by atoms with Crippen LogP contribution in [0.3, 0.4) is 0 Å². The Morgan fingerprint density at radius 2 is 1.78 bits per heavy atom. The topological polar surface area (TPSA) is 62.2 Å². The second-order valence-corrected chi connectivity index (χ2v) is 5.36. The second-order valence-electron chi connectivity index (χ2n) is 4.21. The molecule has 0 aliphatic heterocycles. The zero-order valence-electron chi connectivity index (χ0n) is 12.2. The van der Waals surface area contributed by atoms with Gasteiger partial charge in [-0.15, -0.1) is 0 Å². The van der Waals surface area contributed by atoms with Crippen molar-refractivity contribution >= 4 is 42.5 Å². The number of aryl methyl sites for hydroxylation is 1. The molecule has 1 aromatic heterocycles. The van der Waals surface area contributed by atoms with Crippen molar-refractivity contribution in [3.05, 3.63) is 40.5 Å². The number of nitrogens with zero attached hydrogens (tertiary/aromatic N) is 1. The number of halogens is 4. The number of carbonyl (C=O) groups excluding carboxylic acids is 1. The van der Waals surface area contributed by atoms with Crippen molar-refractivity contribution in [1.29, 1.82) is 0 Å². The van der Waals surface area contributed by atoms with Gasteiger partial charge in [0.25, 0.3) is 0 Å². The Labute approximate surface area is 178 Å². The maximum absolute atomic E-state index is 12.1. The van der Waals surface area contributed by atoms with Crippen molar-refractivity contribution in [2.45, 2.75) is 19.8 Å². The molecule has 124 valence electrons. The summed E-state index contributed by atoms with van der Waals surface area (Å²) in [6.45, 7) is 3.58. The van der Waals surface area contributed by atoms with Crippen molar-refractivity contribution < 1.29 is 60.8 Å². The summed E-state index contributed by atoms with van der Waals surface area (Å²) in [7, 11) is 0. The van der Waals surface area contributed by atoms with E-state index in [4.69, 9.17) is 11.6 Å². The average molecular weight is 547 g/mol. The fourth-order valence-electron chi connectivity index (χ4n) is 1.57. The van der Waals surface area contributed by atoms with Gasteiger partial charge in [-0.2, -0.15) is 4.37 Å². The molecule has 1 atom stereocenters. The monoisotopic (exact) mass is 544 g/mol. The molecule has 0 fully saturated rings. The van der Waals surface area contributed by atoms with Crippen LogP contribution in [0.5, 0.6) is 5.75 Å². The normalized spacial score (nSPS) is 10.0. The van der Waals surface area contributed by atoms with E-state index in [0.717, 1.165) is 5.56 Å². The average Bonchev–Trinajstić information content (AvgIpc) is 2.71. The van der Waals surface area contributed by atoms with Gasteiger partial charge in [0, 0.05) is 0 Å². The molecule has 10 heteroatoms. The SMILES string of the molecule is Cc1nsc(NC(=O)C(C)c2ccc(O)cc2)c1Cl.[B+3].[Br-].[Br-].[Br-]. The summed E-state index contributed by atoms with van der Waals surface area (Å²) in [6.07, 6.45) is 0. The third-order valence-corrected chi connectivity index (χ3v) is 4.24. The van der Waals surface area contributed by atoms with Gasteiger partial charge in [-0.25, -0.2) is 0 Å². The molecular weight excluding hydrogens is 534 g/mol. The Hall–Kier alpha value is -0.0851. The van der Waals surface area contributed by atoms with Crippen molar-refractivity contribution in [1.82, 2.24) is 4.37 Å². The van der Waals surface area contributed by atoms with Crippen molar-refractivity contribution in [2.24, 2.45) is 0 Å². The molecule has 0 saturated heterocycles. The Morgan fingerprint density at radius 1 is 1.26 bits per heavy atom. The summed E-state index contributed by atoms with van der Waals surface area (Å²) in [4.78, 5) is 12.1. The third-order valence-electron chi connectivity index (χ3n) is 2.81. The maximum atomic E-state index is 12.1. The van der Waals surface area contributed by atoms with Crippen molar-refractivity contribution in [3.63, 3.8) is 0 Å². The predicted molar refractivity (Wildman–Crippen MR) is 82.8 cm³/mol. The number of hydrogen-bond donors (Lipinski definition) is 2. The minimum Gasteiger partial charge on any atom is -1.00 e. The van der Waals surface area contributed by atoms with Crippen LogP contribution in [0.1, 0.15) is 24.1 Å². The number of nitrogens with one attached hydrogen (secondary N) is 1. The van der Waals surface area contributed by atoms with E-state index < -0.39 is 0 Å². The van der Waals surface area contributed by atoms with Crippen LogP contribution in [0.25, 0.3) is 0 Å². The molecule has 1 heterocycles. The van der Waals surface area contributed by atoms with Crippen LogP contribution in [0.15, 0.2) is 24.3 Å². The molecule has 23 heavy (non-hydrogen) atoms. The number of carbonyl (C=O) groups is 1. The fourth-order valence-corrected chi connectivity index (χ4v) is 2.51. The van der Waals surface area contributed by atoms with Crippen LogP contribution in [0.4, 0.5) is 5.00 Å². The first-order chi connectivity index (χ1) is 8.99. The minimum absolute atomic E-state index is 0. The van der Waals surface area contributed by atoms with E-state index >= 15 is 0 Å². The third kappa shape index (κ3) is 7.13. The summed E-state index contributed by atoms with van der Waals surface area (Å²) >= 11 is 7.19. The zero-order chi connectivity index (χ0) is 14.0. The van der Waals surface area contributed by atoms with E-state index in [1.165, 1.54) is 11.5 Å². The van der Waals surface area contributed by atoms with Gasteiger partial charge in [0.1, 0.15) is 10.8 Å². The number of hydrogen-bond acceptors (Lipinski definition) is 4. The van der Waals surface area contributed by atoms with E-state index in [2.05, 4.69) is 9.69 Å². The number of phenols is 1. The van der Waals surface area contributed by atoms with Crippen LogP contribution in [-0.4, -0.2) is 23.8 Å². The molecule has 0 aliphatic carbocycles. The van der Waals surface area contributed by atoms with Gasteiger partial charge in [0.05, 0.1) is 16.6 Å². The van der Waals surface area contributed by atoms with Crippen molar-refractivity contribution in [2.75, 3.05) is 5.32 Å². The molecular formula is C13H13BBr3ClN2O2S. The molecule has 0 radical (unpaired) electrons. The van der Waals surface area contributed by atoms with E-state index in [1.54, 1.807) is 38.1 Å². The van der Waals surface area contributed by atoms with E-state index in [-0.39, 0.29) is 76.9 Å². The first-order valence-corrected chi connectivity index (χ1v) is 6.85. The molecule has 0 aliphatic rings. The Bertz CT molecular complexity index is 614. The van der Waals surface area contributed by atoms with Gasteiger partial charge < -0.3 is 61.4 Å². The molecule has 1 aromatic carbocycles. The van der Waals surface area contributed by atoms with Crippen LogP contribution in [-0.2, 0) is 4.79 Å². The Balaban J connectivity index is -0.000001000. The molecule has 2 N–H and O–H groups in total. The van der Waals surface area contributed by atoms with Crippen molar-refractivity contribution in [3.8, 4) is 5.75 Å². The molecule has 0 spiro atoms. The molecule has 1 unspecified atom stereocenters. The van der Waals surface area contributed by atoms with Gasteiger partial charge in [-0.05, 0) is 43.1 Å². The summed E-state index contributed by atoms with van der Waals surface area (Å²) in [5.41, 5.74) is 1.53. The van der Waals surface area contributed by atoms with E-state index in [0.29, 0.717) is 15.7 Å². The summed E-state index contributed by atoms with van der Waals surface area (Å²) in [6, 6.07) is 6.56. The molecule has 2 aromatic rings. The van der Waals surface area contributed by atoms with Gasteiger partial charge in [0.15, 0.2) is 0 Å². The standard InChI is InChI=1S/C13H13ClN2O2S.B.3BrH/c1-7(9-3-5-10(17)6-4-9)12(18)15-13-11(14)8(2)16-19-13;;;;/h3-7,17H,1-2H3,(H,15,18);;3*1H/q;+3;;;/p-3. The number of phenolic OH excluding ortho intramolecular Hbond substituents is 1. The predicted octanol–water partition coefficient (Wildman–Crippen LogP) is -5.82. The van der Waals surface area contributed by atoms with Gasteiger partial charge in [-0.3, -0.25) is 4.79 Å². The number of aromatic nitrogens is 1. The number of benzene rings is 1. The molecule has 1 amide bonds. The largest absolute Gasteiger partial charge is 3.00 e. The maximum Gasteiger partial charge on any atom is 3.00 e. The van der Waals surface area contributed by atoms with Gasteiger partial charge in [-0.1, -0.05) is 23.7 Å². The molecule has 0 bridgehead atoms. The van der Waals surface area contributed by atoms with Crippen LogP contribution >= 0.6 is 23.1 Å². The molecule has 0 saturated carbocycles. The fraction of sp³-hybridized carbons (Fsp3) is 0.231. The Morgan fingerprint density at radius 3 is 2.22 bits per heavy atom. The first-order valence-electron chi connectivity index (χ1n) is 5.70. The summed E-state index contributed by atoms with van der Waals surface area (Å²) in [5.74, 6) is -0.312. The molecule has 2 rings (SSSR count). The van der Waals surface area contributed by atoms with Gasteiger partial charge in [0.2, 0.25) is 5.91 Å². The van der Waals surface area contributed by atoms with Gasteiger partial charge >= 0.3 is 8.41 Å². The quantitative estimate of drug-likeness (QED) is 0.377. The van der Waals surface area contributed by atoms with E-state index in [9.17, 15) is 9.90 Å². The zero-order valence-corrected chi connectivity index (χ0v) is 18.5. The number of rotatable bonds is 3. The van der Waals surface area contributed by atoms with Crippen LogP contribution in [0.2, 0.25) is 5.02 Å². The second kappa shape index (κ2) is 12.3. The number of anilines is 1. The molecule has 4 nitrogen and oxygen atoms in total. The smallest absolute Gasteiger partial charge is 1.00 e. The van der Waals surface area contributed by atoms with E-state index in [1.807, 2.05) is 0 Å².